The minimum atomic E-state index is -4.92. The second kappa shape index (κ2) is 18.9. The third-order valence-electron chi connectivity index (χ3n) is 12.1. The number of Topliss-reactive ketones (excluding diaryl/α,β-unsaturated/α-hetero) is 1. The molecule has 0 aromatic heterocycles. The molecule has 2 aliphatic rings. The summed E-state index contributed by atoms with van der Waals surface area (Å²) in [7, 11) is -18.6. The Morgan fingerprint density at radius 2 is 1.27 bits per heavy atom. The first-order chi connectivity index (χ1) is 30.5. The summed E-state index contributed by atoms with van der Waals surface area (Å²) in [6, 6.07) is 11.6. The molecule has 4 N–H and O–H groups in total. The Hall–Kier alpha value is -4.51. The normalized spacial score (nSPS) is 17.1. The smallest absolute Gasteiger partial charge is 0.295 e. The molecule has 0 bridgehead atoms. The molecule has 0 atom stereocenters. The maximum Gasteiger partial charge on any atom is 0.295 e. The van der Waals surface area contributed by atoms with E-state index >= 15 is 0 Å². The van der Waals surface area contributed by atoms with Gasteiger partial charge in [-0.1, -0.05) is 50.3 Å². The van der Waals surface area contributed by atoms with Crippen LogP contribution in [0.15, 0.2) is 116 Å². The first-order valence-electron chi connectivity index (χ1n) is 21.0. The van der Waals surface area contributed by atoms with Crippen molar-refractivity contribution in [2.75, 3.05) is 23.7 Å². The number of ketones is 1. The lowest BCUT2D eigenvalue weighted by atomic mass is 9.79. The summed E-state index contributed by atoms with van der Waals surface area (Å²) in [6.07, 6.45) is 16.0. The van der Waals surface area contributed by atoms with E-state index in [1.165, 1.54) is 31.2 Å². The van der Waals surface area contributed by atoms with Gasteiger partial charge in [0.2, 0.25) is 5.69 Å². The Balaban J connectivity index is 1.36. The zero-order valence-corrected chi connectivity index (χ0v) is 41.1. The molecule has 20 heteroatoms. The van der Waals surface area contributed by atoms with Crippen LogP contribution in [0.5, 0.6) is 0 Å². The van der Waals surface area contributed by atoms with Gasteiger partial charge in [0.1, 0.15) is 17.2 Å². The van der Waals surface area contributed by atoms with Crippen LogP contribution in [0, 0.1) is 0 Å². The van der Waals surface area contributed by atoms with E-state index in [9.17, 15) is 56.7 Å². The summed E-state index contributed by atoms with van der Waals surface area (Å²) in [4.78, 5) is 12.3. The maximum absolute atomic E-state index is 12.5. The molecule has 0 unspecified atom stereocenters. The number of allylic oxidation sites excluding steroid dienone is 8. The first-order valence-corrected chi connectivity index (χ1v) is 27.4. The summed E-state index contributed by atoms with van der Waals surface area (Å²) in [6.45, 7) is 10.2. The molecule has 15 nitrogen and oxygen atoms in total. The fraction of sp³-hybridized carbons (Fsp3) is 0.348. The Labute approximate surface area is 391 Å². The molecule has 2 aliphatic heterocycles. The van der Waals surface area contributed by atoms with Gasteiger partial charge >= 0.3 is 0 Å². The lowest BCUT2D eigenvalue weighted by Gasteiger charge is -2.27. The van der Waals surface area contributed by atoms with E-state index in [0.717, 1.165) is 35.1 Å². The molecule has 0 fully saturated rings. The summed E-state index contributed by atoms with van der Waals surface area (Å²) < 4.78 is 139. The number of unbranched alkanes of at least 4 members (excludes halogenated alkanes) is 3. The van der Waals surface area contributed by atoms with Crippen LogP contribution in [0.2, 0.25) is 0 Å². The van der Waals surface area contributed by atoms with Crippen molar-refractivity contribution in [3.63, 3.8) is 0 Å². The van der Waals surface area contributed by atoms with Gasteiger partial charge in [0.25, 0.3) is 40.5 Å². The van der Waals surface area contributed by atoms with Crippen LogP contribution in [-0.4, -0.2) is 86.8 Å². The van der Waals surface area contributed by atoms with E-state index in [1.54, 1.807) is 24.3 Å². The Morgan fingerprint density at radius 3 is 1.89 bits per heavy atom. The molecular formula is C46H53N2O13S5+. The van der Waals surface area contributed by atoms with Crippen LogP contribution >= 0.6 is 12.6 Å². The van der Waals surface area contributed by atoms with E-state index in [1.807, 2.05) is 69.0 Å². The quantitative estimate of drug-likeness (QED) is 0.0206. The topological polar surface area (TPSA) is 241 Å². The number of benzene rings is 4. The zero-order chi connectivity index (χ0) is 48.8. The third-order valence-corrected chi connectivity index (χ3v) is 15.8. The molecule has 0 aliphatic carbocycles. The highest BCUT2D eigenvalue weighted by molar-refractivity contribution is 7.87. The molecule has 0 saturated carbocycles. The van der Waals surface area contributed by atoms with Gasteiger partial charge in [0.15, 0.2) is 5.71 Å². The van der Waals surface area contributed by atoms with Gasteiger partial charge in [-0.15, -0.1) is 12.6 Å². The van der Waals surface area contributed by atoms with Crippen LogP contribution < -0.4 is 4.90 Å². The minimum Gasteiger partial charge on any atom is -0.344 e. The number of hydrogen-bond donors (Lipinski definition) is 5. The number of rotatable bonds is 18. The van der Waals surface area contributed by atoms with Gasteiger partial charge in [-0.25, -0.2) is 0 Å². The number of nitrogens with zero attached hydrogens (tertiary/aromatic N) is 2. The van der Waals surface area contributed by atoms with Gasteiger partial charge < -0.3 is 9.69 Å². The van der Waals surface area contributed by atoms with E-state index < -0.39 is 66.8 Å². The molecule has 6 rings (SSSR count). The second-order valence-corrected chi connectivity index (χ2v) is 23.8. The van der Waals surface area contributed by atoms with E-state index in [-0.39, 0.29) is 27.9 Å². The summed E-state index contributed by atoms with van der Waals surface area (Å²) in [5.41, 5.74) is 2.83. The minimum absolute atomic E-state index is 0.0789. The molecule has 0 spiro atoms. The highest BCUT2D eigenvalue weighted by Gasteiger charge is 2.46. The highest BCUT2D eigenvalue weighted by atomic mass is 32.2. The summed E-state index contributed by atoms with van der Waals surface area (Å²) in [5, 5.41) is 1.55. The van der Waals surface area contributed by atoms with Gasteiger partial charge in [-0.3, -0.25) is 18.2 Å². The SMILES string of the molecule is CC(=O)CCCCC[N+]1=C(C=CC=CC=CC=C2N(CCCCS(=O)(=O)O)c3ccc4c(S)cc(S(=O)(=O)O)cc4c3C2(C)C)C(C)(C)c2c1ccc1c(S(=O)(=O)O)cc(S(=O)(=O)O)cc21. The number of carbonyl (C=O) groups is 1. The maximum atomic E-state index is 12.5. The fourth-order valence-corrected chi connectivity index (χ4v) is 12.0. The molecule has 4 aromatic carbocycles. The molecule has 0 radical (unpaired) electrons. The first kappa shape index (κ1) is 50.9. The molecular weight excluding hydrogens is 949 g/mol. The number of carbonyl (C=O) groups excluding carboxylic acids is 1. The number of fused-ring (bicyclic) bond motifs is 6. The van der Waals surface area contributed by atoms with Crippen molar-refractivity contribution in [1.29, 1.82) is 0 Å². The number of thiol groups is 1. The van der Waals surface area contributed by atoms with Crippen molar-refractivity contribution in [3.05, 3.63) is 108 Å². The van der Waals surface area contributed by atoms with Crippen LogP contribution in [0.1, 0.15) is 84.3 Å². The standard InChI is InChI=1S/C46H52N2O13S5/c1-30(49)16-10-9-13-23-47-38-22-20-34-36(27-32(65(56,57)58)29-40(34)66(59,60)61)44(38)46(4,5)42(47)18-12-8-6-7-11-17-41-45(2,3)43-35-26-31(64(53,54)55)28-39(62)33(35)19-21-37(43)48(41)24-14-15-25-63(50,51)52/h6-8,11-12,17-22,26-29H,9-10,13-16,23-25H2,1-5H3,(H4-,50,51,52,53,54,55,56,57,58,59,60,61,62)/p+1. The predicted molar refractivity (Wildman–Crippen MR) is 258 cm³/mol. The molecule has 0 amide bonds. The van der Waals surface area contributed by atoms with E-state index in [2.05, 4.69) is 17.2 Å². The van der Waals surface area contributed by atoms with Gasteiger partial charge in [-0.2, -0.15) is 38.2 Å². The molecule has 2 heterocycles. The Kier molecular flexibility index (Phi) is 14.6. The predicted octanol–water partition coefficient (Wildman–Crippen LogP) is 8.57. The lowest BCUT2D eigenvalue weighted by Crippen LogP contribution is -2.28. The van der Waals surface area contributed by atoms with Crippen LogP contribution in [0.4, 0.5) is 11.4 Å². The van der Waals surface area contributed by atoms with Crippen LogP contribution in [-0.2, 0) is 56.1 Å². The largest absolute Gasteiger partial charge is 0.344 e. The van der Waals surface area contributed by atoms with Gasteiger partial charge in [-0.05, 0) is 111 Å². The summed E-state index contributed by atoms with van der Waals surface area (Å²) >= 11 is 4.53. The van der Waals surface area contributed by atoms with Crippen molar-refractivity contribution in [2.24, 2.45) is 0 Å². The van der Waals surface area contributed by atoms with E-state index in [0.29, 0.717) is 65.7 Å². The monoisotopic (exact) mass is 1000 g/mol. The number of hydrogen-bond acceptors (Lipinski definition) is 11. The van der Waals surface area contributed by atoms with Crippen molar-refractivity contribution in [2.45, 2.75) is 104 Å². The molecule has 0 saturated heterocycles. The van der Waals surface area contributed by atoms with Crippen molar-refractivity contribution in [1.82, 2.24) is 0 Å². The lowest BCUT2D eigenvalue weighted by molar-refractivity contribution is -0.438. The summed E-state index contributed by atoms with van der Waals surface area (Å²) in [5.74, 6) is -0.319. The van der Waals surface area contributed by atoms with Gasteiger partial charge in [0.05, 0.1) is 21.0 Å². The average molecular weight is 1000 g/mol. The Bertz CT molecular complexity index is 3280. The van der Waals surface area contributed by atoms with Gasteiger partial charge in [0, 0.05) is 64.2 Å². The second-order valence-electron chi connectivity index (χ2n) is 17.5. The van der Waals surface area contributed by atoms with E-state index in [4.69, 9.17) is 0 Å². The van der Waals surface area contributed by atoms with Crippen molar-refractivity contribution in [3.8, 4) is 0 Å². The average Bonchev–Trinajstić information content (AvgIpc) is 3.55. The van der Waals surface area contributed by atoms with Crippen molar-refractivity contribution >= 4 is 97.5 Å². The number of anilines is 1. The highest BCUT2D eigenvalue weighted by Crippen LogP contribution is 2.52. The van der Waals surface area contributed by atoms with Crippen molar-refractivity contribution < 1.29 is 61.3 Å². The van der Waals surface area contributed by atoms with Crippen LogP contribution in [0.25, 0.3) is 21.5 Å². The third kappa shape index (κ3) is 10.8. The molecule has 66 heavy (non-hydrogen) atoms. The molecule has 4 aromatic rings. The fourth-order valence-electron chi connectivity index (χ4n) is 9.15. The zero-order valence-electron chi connectivity index (χ0n) is 37.0. The molecule has 354 valence electrons. The Morgan fingerprint density at radius 1 is 0.667 bits per heavy atom. The van der Waals surface area contributed by atoms with Crippen LogP contribution in [0.3, 0.4) is 0 Å².